The van der Waals surface area contributed by atoms with Gasteiger partial charge in [0.15, 0.2) is 17.3 Å². The first-order chi connectivity index (χ1) is 12.3. The fourth-order valence-electron chi connectivity index (χ4n) is 2.89. The van der Waals surface area contributed by atoms with E-state index >= 15 is 0 Å². The number of carbonyl (C=O) groups excluding carboxylic acids is 1. The number of nitrogens with one attached hydrogen (secondary N) is 1. The molecule has 4 rings (SSSR count). The Labute approximate surface area is 145 Å². The van der Waals surface area contributed by atoms with E-state index in [4.69, 9.17) is 14.2 Å². The van der Waals surface area contributed by atoms with Crippen LogP contribution in [0.15, 0.2) is 30.6 Å². The molecule has 1 aromatic heterocycles. The lowest BCUT2D eigenvalue weighted by atomic mass is 10.1. The number of fused-ring (bicyclic) bond motifs is 1. The van der Waals surface area contributed by atoms with E-state index in [1.54, 1.807) is 30.6 Å². The van der Waals surface area contributed by atoms with Crippen molar-refractivity contribution >= 4 is 5.91 Å². The Hall–Kier alpha value is -2.67. The quantitative estimate of drug-likeness (QED) is 0.919. The third-order valence-electron chi connectivity index (χ3n) is 4.28. The zero-order valence-corrected chi connectivity index (χ0v) is 13.7. The van der Waals surface area contributed by atoms with Gasteiger partial charge in [-0.25, -0.2) is 9.97 Å². The predicted octanol–water partition coefficient (Wildman–Crippen LogP) is 2.38. The fraction of sp³-hybridized carbons (Fsp3) is 0.389. The average Bonchev–Trinajstić information content (AvgIpc) is 3.15. The van der Waals surface area contributed by atoms with Crippen LogP contribution in [0.5, 0.6) is 11.5 Å². The molecule has 1 amide bonds. The highest BCUT2D eigenvalue weighted by Crippen LogP contribution is 2.32. The molecule has 0 saturated carbocycles. The first-order valence-corrected chi connectivity index (χ1v) is 8.40. The normalized spacial score (nSPS) is 18.8. The van der Waals surface area contributed by atoms with Crippen molar-refractivity contribution < 1.29 is 19.0 Å². The highest BCUT2D eigenvalue weighted by Gasteiger charge is 2.19. The van der Waals surface area contributed by atoms with Gasteiger partial charge in [-0.05, 0) is 37.5 Å². The van der Waals surface area contributed by atoms with Crippen LogP contribution in [0.1, 0.15) is 47.1 Å². The van der Waals surface area contributed by atoms with Crippen LogP contribution in [0.25, 0.3) is 0 Å². The van der Waals surface area contributed by atoms with Crippen molar-refractivity contribution in [3.05, 3.63) is 47.5 Å². The summed E-state index contributed by atoms with van der Waals surface area (Å²) in [4.78, 5) is 21.0. The molecule has 7 nitrogen and oxygen atoms in total. The number of nitrogens with zero attached hydrogens (tertiary/aromatic N) is 2. The molecule has 0 unspecified atom stereocenters. The van der Waals surface area contributed by atoms with Crippen LogP contribution in [0, 0.1) is 0 Å². The lowest BCUT2D eigenvalue weighted by Crippen LogP contribution is -2.23. The fourth-order valence-corrected chi connectivity index (χ4v) is 2.89. The first-order valence-electron chi connectivity index (χ1n) is 8.40. The van der Waals surface area contributed by atoms with Crippen molar-refractivity contribution in [3.63, 3.8) is 0 Å². The Balaban J connectivity index is 1.35. The van der Waals surface area contributed by atoms with E-state index in [0.29, 0.717) is 29.4 Å². The van der Waals surface area contributed by atoms with Gasteiger partial charge >= 0.3 is 0 Å². The molecule has 0 bridgehead atoms. The molecule has 25 heavy (non-hydrogen) atoms. The van der Waals surface area contributed by atoms with E-state index in [1.165, 1.54) is 0 Å². The van der Waals surface area contributed by atoms with E-state index in [1.807, 2.05) is 0 Å². The molecule has 7 heteroatoms. The molecule has 2 aliphatic rings. The number of hydrogen-bond acceptors (Lipinski definition) is 6. The van der Waals surface area contributed by atoms with Crippen LogP contribution >= 0.6 is 0 Å². The molecule has 3 heterocycles. The van der Waals surface area contributed by atoms with Gasteiger partial charge in [0.05, 0.1) is 0 Å². The summed E-state index contributed by atoms with van der Waals surface area (Å²) in [5.74, 6) is 1.78. The van der Waals surface area contributed by atoms with Gasteiger partial charge in [0.2, 0.25) is 6.79 Å². The van der Waals surface area contributed by atoms with Gasteiger partial charge in [0, 0.05) is 36.7 Å². The molecule has 1 saturated heterocycles. The molecule has 0 spiro atoms. The summed E-state index contributed by atoms with van der Waals surface area (Å²) in [6, 6.07) is 5.12. The van der Waals surface area contributed by atoms with Crippen molar-refractivity contribution in [2.75, 3.05) is 13.4 Å². The van der Waals surface area contributed by atoms with Crippen LogP contribution in [0.3, 0.4) is 0 Å². The molecular weight excluding hydrogens is 322 g/mol. The maximum Gasteiger partial charge on any atom is 0.251 e. The summed E-state index contributed by atoms with van der Waals surface area (Å²) in [5.41, 5.74) is 1.37. The molecule has 130 valence electrons. The van der Waals surface area contributed by atoms with Gasteiger partial charge in [0.25, 0.3) is 5.91 Å². The van der Waals surface area contributed by atoms with Crippen molar-refractivity contribution in [2.45, 2.75) is 31.9 Å². The molecule has 0 aliphatic carbocycles. The second-order valence-electron chi connectivity index (χ2n) is 6.06. The van der Waals surface area contributed by atoms with Gasteiger partial charge in [0.1, 0.15) is 6.10 Å². The molecular formula is C18H19N3O4. The molecule has 2 aromatic rings. The van der Waals surface area contributed by atoms with Crippen LogP contribution in [0.2, 0.25) is 0 Å². The van der Waals surface area contributed by atoms with Crippen molar-refractivity contribution in [2.24, 2.45) is 0 Å². The van der Waals surface area contributed by atoms with Crippen LogP contribution < -0.4 is 14.8 Å². The first kappa shape index (κ1) is 15.8. The third kappa shape index (κ3) is 3.56. The number of ether oxygens (including phenoxy) is 3. The van der Waals surface area contributed by atoms with Crippen molar-refractivity contribution in [1.82, 2.24) is 15.3 Å². The minimum absolute atomic E-state index is 0.00831. The van der Waals surface area contributed by atoms with Gasteiger partial charge in [-0.1, -0.05) is 0 Å². The van der Waals surface area contributed by atoms with E-state index in [0.717, 1.165) is 31.4 Å². The van der Waals surface area contributed by atoms with Crippen molar-refractivity contribution in [3.8, 4) is 11.5 Å². The molecule has 1 N–H and O–H groups in total. The second-order valence-corrected chi connectivity index (χ2v) is 6.06. The smallest absolute Gasteiger partial charge is 0.251 e. The summed E-state index contributed by atoms with van der Waals surface area (Å²) in [6.45, 7) is 1.31. The molecule has 2 aliphatic heterocycles. The SMILES string of the molecule is O=C(NCc1cnc([C@H]2CCCCO2)nc1)c1ccc2c(c1)OCO2. The largest absolute Gasteiger partial charge is 0.454 e. The summed E-state index contributed by atoms with van der Waals surface area (Å²) < 4.78 is 16.2. The molecule has 1 atom stereocenters. The monoisotopic (exact) mass is 341 g/mol. The Morgan fingerprint density at radius 2 is 2.00 bits per heavy atom. The van der Waals surface area contributed by atoms with Gasteiger partial charge < -0.3 is 19.5 Å². The zero-order valence-electron chi connectivity index (χ0n) is 13.7. The van der Waals surface area contributed by atoms with Crippen LogP contribution in [0.4, 0.5) is 0 Å². The third-order valence-corrected chi connectivity index (χ3v) is 4.28. The number of carbonyl (C=O) groups is 1. The Bertz CT molecular complexity index is 757. The Morgan fingerprint density at radius 1 is 1.16 bits per heavy atom. The predicted molar refractivity (Wildman–Crippen MR) is 88.3 cm³/mol. The summed E-state index contributed by atoms with van der Waals surface area (Å²) in [7, 11) is 0. The number of benzene rings is 1. The minimum Gasteiger partial charge on any atom is -0.454 e. The van der Waals surface area contributed by atoms with E-state index in [2.05, 4.69) is 15.3 Å². The molecule has 1 fully saturated rings. The summed E-state index contributed by atoms with van der Waals surface area (Å²) in [5, 5.41) is 2.86. The number of amides is 1. The zero-order chi connectivity index (χ0) is 17.1. The molecule has 0 radical (unpaired) electrons. The standard InChI is InChI=1S/C18H19N3O4/c22-18(13-4-5-14-16(7-13)25-11-24-14)21-10-12-8-19-17(20-9-12)15-3-1-2-6-23-15/h4-5,7-9,15H,1-3,6,10-11H2,(H,21,22)/t15-/m1/s1. The Morgan fingerprint density at radius 3 is 2.80 bits per heavy atom. The van der Waals surface area contributed by atoms with E-state index in [9.17, 15) is 4.79 Å². The highest BCUT2D eigenvalue weighted by molar-refractivity contribution is 5.94. The Kier molecular flexibility index (Phi) is 4.47. The topological polar surface area (TPSA) is 82.6 Å². The lowest BCUT2D eigenvalue weighted by molar-refractivity contribution is 0.00940. The van der Waals surface area contributed by atoms with Crippen molar-refractivity contribution in [1.29, 1.82) is 0 Å². The maximum atomic E-state index is 12.3. The van der Waals surface area contributed by atoms with Gasteiger partial charge in [-0.2, -0.15) is 0 Å². The van der Waals surface area contributed by atoms with E-state index in [-0.39, 0.29) is 18.8 Å². The second kappa shape index (κ2) is 7.06. The van der Waals surface area contributed by atoms with Gasteiger partial charge in [-0.3, -0.25) is 4.79 Å². The van der Waals surface area contributed by atoms with Crippen LogP contribution in [-0.4, -0.2) is 29.3 Å². The summed E-state index contributed by atoms with van der Waals surface area (Å²) in [6.07, 6.45) is 6.66. The number of aromatic nitrogens is 2. The summed E-state index contributed by atoms with van der Waals surface area (Å²) >= 11 is 0. The lowest BCUT2D eigenvalue weighted by Gasteiger charge is -2.21. The number of hydrogen-bond donors (Lipinski definition) is 1. The number of rotatable bonds is 4. The van der Waals surface area contributed by atoms with Gasteiger partial charge in [-0.15, -0.1) is 0 Å². The van der Waals surface area contributed by atoms with Crippen LogP contribution in [-0.2, 0) is 11.3 Å². The highest BCUT2D eigenvalue weighted by atomic mass is 16.7. The minimum atomic E-state index is -0.182. The molecule has 1 aromatic carbocycles. The average molecular weight is 341 g/mol. The van der Waals surface area contributed by atoms with E-state index < -0.39 is 0 Å². The maximum absolute atomic E-state index is 12.3.